The van der Waals surface area contributed by atoms with Crippen molar-refractivity contribution in [2.24, 2.45) is 5.92 Å². The highest BCUT2D eigenvalue weighted by molar-refractivity contribution is 5.95. The van der Waals surface area contributed by atoms with E-state index < -0.39 is 0 Å². The van der Waals surface area contributed by atoms with Gasteiger partial charge in [-0.2, -0.15) is 0 Å². The highest BCUT2D eigenvalue weighted by Gasteiger charge is 2.07. The number of nitrogens with one attached hydrogen (secondary N) is 2. The van der Waals surface area contributed by atoms with Crippen molar-refractivity contribution in [3.8, 4) is 5.75 Å². The molecule has 4 nitrogen and oxygen atoms in total. The number of hydrogen-bond donors (Lipinski definition) is 2. The molecule has 2 N–H and O–H groups in total. The van der Waals surface area contributed by atoms with E-state index in [0.717, 1.165) is 22.6 Å². The number of carbonyl (C=O) groups excluding carboxylic acids is 1. The summed E-state index contributed by atoms with van der Waals surface area (Å²) in [6.45, 7) is 5.77. The number of anilines is 1. The van der Waals surface area contributed by atoms with Gasteiger partial charge in [-0.3, -0.25) is 4.79 Å². The molecule has 0 heterocycles. The van der Waals surface area contributed by atoms with E-state index in [-0.39, 0.29) is 11.7 Å². The Bertz CT molecular complexity index is 971. The van der Waals surface area contributed by atoms with E-state index in [0.29, 0.717) is 31.2 Å². The zero-order valence-electron chi connectivity index (χ0n) is 17.3. The van der Waals surface area contributed by atoms with E-state index in [1.807, 2.05) is 48.5 Å². The number of rotatable bonds is 9. The van der Waals surface area contributed by atoms with Gasteiger partial charge in [0.2, 0.25) is 0 Å². The van der Waals surface area contributed by atoms with Crippen molar-refractivity contribution in [2.75, 3.05) is 11.9 Å². The first-order valence-corrected chi connectivity index (χ1v) is 10.1. The highest BCUT2D eigenvalue weighted by Crippen LogP contribution is 2.18. The number of amides is 1. The number of carbonyl (C=O) groups is 1. The van der Waals surface area contributed by atoms with Crippen LogP contribution in [0.15, 0.2) is 72.8 Å². The Morgan fingerprint density at radius 3 is 2.50 bits per heavy atom. The molecule has 3 aromatic carbocycles. The van der Waals surface area contributed by atoms with Crippen LogP contribution in [0.1, 0.15) is 35.3 Å². The molecule has 0 aliphatic carbocycles. The van der Waals surface area contributed by atoms with Crippen molar-refractivity contribution in [2.45, 2.75) is 27.0 Å². The van der Waals surface area contributed by atoms with Crippen LogP contribution in [0.4, 0.5) is 10.1 Å². The number of halogens is 1. The van der Waals surface area contributed by atoms with Gasteiger partial charge in [0, 0.05) is 24.3 Å². The molecular weight excluding hydrogens is 379 g/mol. The summed E-state index contributed by atoms with van der Waals surface area (Å²) in [5, 5.41) is 6.28. The second-order valence-electron chi connectivity index (χ2n) is 7.60. The van der Waals surface area contributed by atoms with Gasteiger partial charge in [0.15, 0.2) is 0 Å². The first-order chi connectivity index (χ1) is 14.5. The molecule has 5 heteroatoms. The van der Waals surface area contributed by atoms with Gasteiger partial charge < -0.3 is 15.4 Å². The van der Waals surface area contributed by atoms with Gasteiger partial charge in [-0.1, -0.05) is 44.2 Å². The molecule has 0 saturated heterocycles. The first kappa shape index (κ1) is 21.4. The van der Waals surface area contributed by atoms with Crippen LogP contribution in [0.3, 0.4) is 0 Å². The smallest absolute Gasteiger partial charge is 0.251 e. The summed E-state index contributed by atoms with van der Waals surface area (Å²) in [7, 11) is 0. The quantitative estimate of drug-likeness (QED) is 0.500. The van der Waals surface area contributed by atoms with Gasteiger partial charge >= 0.3 is 0 Å². The largest absolute Gasteiger partial charge is 0.489 e. The Morgan fingerprint density at radius 1 is 0.967 bits per heavy atom. The third-order valence-electron chi connectivity index (χ3n) is 4.51. The fourth-order valence-corrected chi connectivity index (χ4v) is 2.87. The average molecular weight is 407 g/mol. The maximum absolute atomic E-state index is 13.0. The van der Waals surface area contributed by atoms with Gasteiger partial charge in [-0.05, 0) is 59.5 Å². The highest BCUT2D eigenvalue weighted by atomic mass is 19.1. The Balaban J connectivity index is 1.55. The fourth-order valence-electron chi connectivity index (χ4n) is 2.87. The Morgan fingerprint density at radius 2 is 1.73 bits per heavy atom. The zero-order valence-corrected chi connectivity index (χ0v) is 17.3. The van der Waals surface area contributed by atoms with Crippen LogP contribution in [-0.4, -0.2) is 12.5 Å². The van der Waals surface area contributed by atoms with E-state index in [2.05, 4.69) is 24.5 Å². The second-order valence-corrected chi connectivity index (χ2v) is 7.60. The third-order valence-corrected chi connectivity index (χ3v) is 4.51. The average Bonchev–Trinajstić information content (AvgIpc) is 2.76. The molecule has 0 radical (unpaired) electrons. The summed E-state index contributed by atoms with van der Waals surface area (Å²) in [6.07, 6.45) is 0. The SMILES string of the molecule is CC(C)CNC(=O)c1cccc(NCc2cccc(OCc3ccc(F)cc3)c2)c1. The van der Waals surface area contributed by atoms with E-state index in [1.165, 1.54) is 12.1 Å². The van der Waals surface area contributed by atoms with Crippen molar-refractivity contribution < 1.29 is 13.9 Å². The van der Waals surface area contributed by atoms with Crippen molar-refractivity contribution >= 4 is 11.6 Å². The van der Waals surface area contributed by atoms with Crippen LogP contribution in [0.25, 0.3) is 0 Å². The Hall–Kier alpha value is -3.34. The third kappa shape index (κ3) is 6.62. The molecule has 0 saturated carbocycles. The molecule has 3 aromatic rings. The van der Waals surface area contributed by atoms with Crippen LogP contribution < -0.4 is 15.4 Å². The first-order valence-electron chi connectivity index (χ1n) is 10.1. The lowest BCUT2D eigenvalue weighted by Gasteiger charge is -2.11. The lowest BCUT2D eigenvalue weighted by molar-refractivity contribution is 0.0949. The summed E-state index contributed by atoms with van der Waals surface area (Å²) < 4.78 is 18.8. The molecule has 0 bridgehead atoms. The molecule has 0 spiro atoms. The number of ether oxygens (including phenoxy) is 1. The number of benzene rings is 3. The van der Waals surface area contributed by atoms with Crippen molar-refractivity contribution in [1.29, 1.82) is 0 Å². The minimum absolute atomic E-state index is 0.0662. The van der Waals surface area contributed by atoms with Crippen molar-refractivity contribution in [1.82, 2.24) is 5.32 Å². The molecule has 1 amide bonds. The molecule has 0 fully saturated rings. The van der Waals surface area contributed by atoms with Crippen molar-refractivity contribution in [3.63, 3.8) is 0 Å². The zero-order chi connectivity index (χ0) is 21.3. The summed E-state index contributed by atoms with van der Waals surface area (Å²) in [5.74, 6) is 0.838. The van der Waals surface area contributed by atoms with Gasteiger partial charge in [0.05, 0.1) is 0 Å². The molecule has 0 atom stereocenters. The molecule has 3 rings (SSSR count). The summed E-state index contributed by atoms with van der Waals surface area (Å²) in [4.78, 5) is 12.3. The van der Waals surface area contributed by atoms with Crippen LogP contribution in [0, 0.1) is 11.7 Å². The minimum atomic E-state index is -0.256. The lowest BCUT2D eigenvalue weighted by atomic mass is 10.1. The lowest BCUT2D eigenvalue weighted by Crippen LogP contribution is -2.27. The monoisotopic (exact) mass is 406 g/mol. The van der Waals surface area contributed by atoms with Gasteiger partial charge in [-0.25, -0.2) is 4.39 Å². The van der Waals surface area contributed by atoms with Gasteiger partial charge in [-0.15, -0.1) is 0 Å². The molecule has 156 valence electrons. The van der Waals surface area contributed by atoms with Gasteiger partial charge in [0.1, 0.15) is 18.2 Å². The van der Waals surface area contributed by atoms with Gasteiger partial charge in [0.25, 0.3) is 5.91 Å². The molecule has 30 heavy (non-hydrogen) atoms. The normalized spacial score (nSPS) is 10.7. The molecule has 0 unspecified atom stereocenters. The van der Waals surface area contributed by atoms with E-state index in [9.17, 15) is 9.18 Å². The fraction of sp³-hybridized carbons (Fsp3) is 0.240. The van der Waals surface area contributed by atoms with Crippen molar-refractivity contribution in [3.05, 3.63) is 95.3 Å². The summed E-state index contributed by atoms with van der Waals surface area (Å²) >= 11 is 0. The van der Waals surface area contributed by atoms with E-state index in [1.54, 1.807) is 12.1 Å². The van der Waals surface area contributed by atoms with Crippen LogP contribution >= 0.6 is 0 Å². The molecule has 0 aliphatic heterocycles. The van der Waals surface area contributed by atoms with Crippen LogP contribution in [0.5, 0.6) is 5.75 Å². The van der Waals surface area contributed by atoms with E-state index >= 15 is 0 Å². The topological polar surface area (TPSA) is 50.4 Å². The summed E-state index contributed by atoms with van der Waals surface area (Å²) in [5.41, 5.74) is 3.48. The second kappa shape index (κ2) is 10.4. The van der Waals surface area contributed by atoms with Crippen LogP contribution in [0.2, 0.25) is 0 Å². The van der Waals surface area contributed by atoms with E-state index in [4.69, 9.17) is 4.74 Å². The predicted octanol–water partition coefficient (Wildman–Crippen LogP) is 5.40. The molecule has 0 aromatic heterocycles. The molecule has 0 aliphatic rings. The molecular formula is C25H27FN2O2. The standard InChI is InChI=1S/C25H27FN2O2/c1-18(2)15-28-25(29)21-6-4-7-23(14-21)27-16-20-5-3-8-24(13-20)30-17-19-9-11-22(26)12-10-19/h3-14,18,27H,15-17H2,1-2H3,(H,28,29). The predicted molar refractivity (Wildman–Crippen MR) is 118 cm³/mol. The minimum Gasteiger partial charge on any atom is -0.489 e. The Labute approximate surface area is 177 Å². The summed E-state index contributed by atoms with van der Waals surface area (Å²) in [6, 6.07) is 21.6. The maximum Gasteiger partial charge on any atom is 0.251 e. The maximum atomic E-state index is 13.0. The Kier molecular flexibility index (Phi) is 7.44. The van der Waals surface area contributed by atoms with Crippen LogP contribution in [-0.2, 0) is 13.2 Å². The number of hydrogen-bond acceptors (Lipinski definition) is 3.